The Morgan fingerprint density at radius 3 is 2.68 bits per heavy atom. The molecule has 0 radical (unpaired) electrons. The number of piperidine rings is 1. The van der Waals surface area contributed by atoms with Crippen molar-refractivity contribution in [2.45, 2.75) is 45.1 Å². The Balaban J connectivity index is 2.20. The largest absolute Gasteiger partial charge is 0.409 e. The monoisotopic (exact) mass is 269 g/mol. The highest BCUT2D eigenvalue weighted by atomic mass is 16.4. The highest BCUT2D eigenvalue weighted by Crippen LogP contribution is 2.47. The number of aliphatic hydroxyl groups is 1. The van der Waals surface area contributed by atoms with Gasteiger partial charge in [-0.25, -0.2) is 0 Å². The molecule has 2 fully saturated rings. The van der Waals surface area contributed by atoms with E-state index in [-0.39, 0.29) is 24.4 Å². The first-order valence-corrected chi connectivity index (χ1v) is 6.95. The maximum absolute atomic E-state index is 12.8. The van der Waals surface area contributed by atoms with Crippen molar-refractivity contribution in [3.05, 3.63) is 0 Å². The number of nitrogens with zero attached hydrogens (tertiary/aromatic N) is 2. The number of carbonyl (C=O) groups excluding carboxylic acids is 1. The highest BCUT2D eigenvalue weighted by molar-refractivity contribution is 6.07. The van der Waals surface area contributed by atoms with Crippen LogP contribution in [0.15, 0.2) is 5.16 Å². The van der Waals surface area contributed by atoms with Crippen LogP contribution in [0.25, 0.3) is 0 Å². The maximum Gasteiger partial charge on any atom is 0.236 e. The van der Waals surface area contributed by atoms with Gasteiger partial charge in [0.1, 0.15) is 5.41 Å². The van der Waals surface area contributed by atoms with Gasteiger partial charge in [0.05, 0.1) is 12.6 Å². The van der Waals surface area contributed by atoms with Crippen molar-refractivity contribution in [3.8, 4) is 0 Å². The van der Waals surface area contributed by atoms with E-state index < -0.39 is 5.41 Å². The number of carbonyl (C=O) groups is 1. The zero-order valence-electron chi connectivity index (χ0n) is 11.4. The molecule has 1 saturated heterocycles. The molecule has 4 N–H and O–H groups in total. The molecule has 6 nitrogen and oxygen atoms in total. The third-order valence-electron chi connectivity index (χ3n) is 4.50. The van der Waals surface area contributed by atoms with Crippen molar-refractivity contribution in [3.63, 3.8) is 0 Å². The zero-order chi connectivity index (χ0) is 14.0. The van der Waals surface area contributed by atoms with Gasteiger partial charge in [-0.05, 0) is 38.0 Å². The van der Waals surface area contributed by atoms with Crippen molar-refractivity contribution in [1.29, 1.82) is 0 Å². The third-order valence-corrected chi connectivity index (χ3v) is 4.50. The van der Waals surface area contributed by atoms with E-state index in [1.807, 2.05) is 0 Å². The average molecular weight is 269 g/mol. The SMILES string of the molecule is CC1CC(C(=O)N2CCCCC2CO)(C(N)=NO)C1. The predicted octanol–water partition coefficient (Wildman–Crippen LogP) is 0.523. The molecule has 0 aromatic heterocycles. The van der Waals surface area contributed by atoms with Crippen LogP contribution in [0.3, 0.4) is 0 Å². The van der Waals surface area contributed by atoms with Crippen LogP contribution in [0, 0.1) is 11.3 Å². The first-order chi connectivity index (χ1) is 9.05. The zero-order valence-corrected chi connectivity index (χ0v) is 11.4. The molecular weight excluding hydrogens is 246 g/mol. The summed E-state index contributed by atoms with van der Waals surface area (Å²) in [6, 6.07) is -0.125. The van der Waals surface area contributed by atoms with E-state index in [0.29, 0.717) is 25.3 Å². The standard InChI is InChI=1S/C13H23N3O3/c1-9-6-13(7-9,11(14)15-19)12(18)16-5-3-2-4-10(16)8-17/h9-10,17,19H,2-8H2,1H3,(H2,14,15). The molecule has 0 aromatic rings. The molecule has 1 unspecified atom stereocenters. The van der Waals surface area contributed by atoms with Gasteiger partial charge in [0, 0.05) is 6.54 Å². The first-order valence-electron chi connectivity index (χ1n) is 6.95. The number of rotatable bonds is 3. The van der Waals surface area contributed by atoms with Gasteiger partial charge in [0.25, 0.3) is 0 Å². The minimum atomic E-state index is -0.848. The molecule has 1 heterocycles. The van der Waals surface area contributed by atoms with Crippen LogP contribution in [-0.2, 0) is 4.79 Å². The summed E-state index contributed by atoms with van der Waals surface area (Å²) in [4.78, 5) is 14.5. The molecule has 108 valence electrons. The number of hydrogen-bond acceptors (Lipinski definition) is 4. The molecule has 0 bridgehead atoms. The van der Waals surface area contributed by atoms with E-state index in [2.05, 4.69) is 12.1 Å². The Kier molecular flexibility index (Phi) is 3.99. The molecule has 0 spiro atoms. The molecular formula is C13H23N3O3. The summed E-state index contributed by atoms with van der Waals surface area (Å²) in [6.45, 7) is 2.68. The number of oxime groups is 1. The Hall–Kier alpha value is -1.30. The summed E-state index contributed by atoms with van der Waals surface area (Å²) in [5, 5.41) is 21.4. The van der Waals surface area contributed by atoms with Crippen LogP contribution in [0.1, 0.15) is 39.0 Å². The van der Waals surface area contributed by atoms with Gasteiger partial charge >= 0.3 is 0 Å². The molecule has 6 heteroatoms. The second-order valence-electron chi connectivity index (χ2n) is 5.91. The molecule has 1 aliphatic heterocycles. The van der Waals surface area contributed by atoms with Crippen molar-refractivity contribution in [2.24, 2.45) is 22.2 Å². The topological polar surface area (TPSA) is 99.2 Å². The number of likely N-dealkylation sites (tertiary alicyclic amines) is 1. The van der Waals surface area contributed by atoms with E-state index in [9.17, 15) is 9.90 Å². The number of aliphatic hydroxyl groups excluding tert-OH is 1. The van der Waals surface area contributed by atoms with Gasteiger partial charge in [0.2, 0.25) is 5.91 Å². The number of amides is 1. The molecule has 2 rings (SSSR count). The van der Waals surface area contributed by atoms with Crippen LogP contribution in [0.4, 0.5) is 0 Å². The highest BCUT2D eigenvalue weighted by Gasteiger charge is 2.54. The quantitative estimate of drug-likeness (QED) is 0.301. The summed E-state index contributed by atoms with van der Waals surface area (Å²) in [5.74, 6) is 0.333. The molecule has 1 aliphatic carbocycles. The summed E-state index contributed by atoms with van der Waals surface area (Å²) < 4.78 is 0. The molecule has 19 heavy (non-hydrogen) atoms. The van der Waals surface area contributed by atoms with E-state index >= 15 is 0 Å². The van der Waals surface area contributed by atoms with E-state index in [4.69, 9.17) is 10.9 Å². The van der Waals surface area contributed by atoms with Crippen LogP contribution in [0.2, 0.25) is 0 Å². The maximum atomic E-state index is 12.8. The van der Waals surface area contributed by atoms with Crippen LogP contribution in [0.5, 0.6) is 0 Å². The number of hydrogen-bond donors (Lipinski definition) is 3. The fourth-order valence-corrected chi connectivity index (χ4v) is 3.45. The van der Waals surface area contributed by atoms with Crippen molar-refractivity contribution in [2.75, 3.05) is 13.2 Å². The van der Waals surface area contributed by atoms with E-state index in [0.717, 1.165) is 19.3 Å². The lowest BCUT2D eigenvalue weighted by Gasteiger charge is -2.48. The van der Waals surface area contributed by atoms with Crippen LogP contribution < -0.4 is 5.73 Å². The Morgan fingerprint density at radius 2 is 2.16 bits per heavy atom. The average Bonchev–Trinajstić information content (AvgIpc) is 2.41. The smallest absolute Gasteiger partial charge is 0.236 e. The van der Waals surface area contributed by atoms with E-state index in [1.54, 1.807) is 4.90 Å². The Morgan fingerprint density at radius 1 is 1.47 bits per heavy atom. The summed E-state index contributed by atoms with van der Waals surface area (Å²) in [6.07, 6.45) is 4.04. The molecule has 1 atom stereocenters. The minimum Gasteiger partial charge on any atom is -0.409 e. The molecule has 1 amide bonds. The first kappa shape index (κ1) is 14.1. The van der Waals surface area contributed by atoms with Gasteiger partial charge < -0.3 is 20.9 Å². The Labute approximate surface area is 113 Å². The van der Waals surface area contributed by atoms with E-state index in [1.165, 1.54) is 0 Å². The lowest BCUT2D eigenvalue weighted by atomic mass is 9.60. The van der Waals surface area contributed by atoms with Gasteiger partial charge in [-0.3, -0.25) is 4.79 Å². The second-order valence-corrected chi connectivity index (χ2v) is 5.91. The molecule has 0 aromatic carbocycles. The fraction of sp³-hybridized carbons (Fsp3) is 0.846. The summed E-state index contributed by atoms with van der Waals surface area (Å²) in [7, 11) is 0. The van der Waals surface area contributed by atoms with Crippen LogP contribution in [-0.4, -0.2) is 46.1 Å². The van der Waals surface area contributed by atoms with Gasteiger partial charge in [-0.1, -0.05) is 12.1 Å². The van der Waals surface area contributed by atoms with Gasteiger partial charge in [-0.15, -0.1) is 0 Å². The minimum absolute atomic E-state index is 0.0119. The van der Waals surface area contributed by atoms with Gasteiger partial charge in [-0.2, -0.15) is 0 Å². The second kappa shape index (κ2) is 5.36. The van der Waals surface area contributed by atoms with Gasteiger partial charge in [0.15, 0.2) is 5.84 Å². The fourth-order valence-electron chi connectivity index (χ4n) is 3.45. The van der Waals surface area contributed by atoms with Crippen molar-refractivity contribution < 1.29 is 15.1 Å². The summed E-state index contributed by atoms with van der Waals surface area (Å²) >= 11 is 0. The lowest BCUT2D eigenvalue weighted by molar-refractivity contribution is -0.149. The number of nitrogens with two attached hydrogens (primary N) is 1. The molecule has 2 aliphatic rings. The predicted molar refractivity (Wildman–Crippen MR) is 70.7 cm³/mol. The van der Waals surface area contributed by atoms with Crippen LogP contribution >= 0.6 is 0 Å². The Bertz CT molecular complexity index is 377. The summed E-state index contributed by atoms with van der Waals surface area (Å²) in [5.41, 5.74) is 4.91. The van der Waals surface area contributed by atoms with Crippen molar-refractivity contribution >= 4 is 11.7 Å². The molecule has 1 saturated carbocycles. The normalized spacial score (nSPS) is 35.9. The third kappa shape index (κ3) is 2.29. The number of amidine groups is 1. The lowest BCUT2D eigenvalue weighted by Crippen LogP contribution is -2.60. The van der Waals surface area contributed by atoms with Crippen molar-refractivity contribution in [1.82, 2.24) is 4.90 Å².